The van der Waals surface area contributed by atoms with E-state index in [9.17, 15) is 0 Å². The molecule has 2 aromatic rings. The Labute approximate surface area is 120 Å². The van der Waals surface area contributed by atoms with Gasteiger partial charge in [-0.2, -0.15) is 0 Å². The molecule has 0 unspecified atom stereocenters. The minimum absolute atomic E-state index is 0.816. The highest BCUT2D eigenvalue weighted by Crippen LogP contribution is 2.21. The molecule has 3 heteroatoms. The fourth-order valence-corrected chi connectivity index (χ4v) is 2.97. The van der Waals surface area contributed by atoms with Crippen molar-refractivity contribution in [1.82, 2.24) is 4.90 Å². The van der Waals surface area contributed by atoms with E-state index in [1.165, 1.54) is 15.6 Å². The van der Waals surface area contributed by atoms with Crippen LogP contribution in [-0.2, 0) is 11.2 Å². The van der Waals surface area contributed by atoms with Crippen molar-refractivity contribution in [3.8, 4) is 0 Å². The van der Waals surface area contributed by atoms with Crippen LogP contribution < -0.4 is 0 Å². The second-order valence-corrected chi connectivity index (χ2v) is 5.63. The summed E-state index contributed by atoms with van der Waals surface area (Å²) < 4.78 is 7.09. The van der Waals surface area contributed by atoms with E-state index >= 15 is 0 Å². The SMILES string of the molecule is CCN(CC)CCOCCc1ccc2sccc2c1. The van der Waals surface area contributed by atoms with Gasteiger partial charge in [-0.15, -0.1) is 11.3 Å². The third kappa shape index (κ3) is 4.30. The van der Waals surface area contributed by atoms with Crippen LogP contribution in [0.4, 0.5) is 0 Å². The number of thiophene rings is 1. The molecular weight excluding hydrogens is 254 g/mol. The average Bonchev–Trinajstić information content (AvgIpc) is 2.90. The van der Waals surface area contributed by atoms with Gasteiger partial charge in [-0.1, -0.05) is 26.0 Å². The number of fused-ring (bicyclic) bond motifs is 1. The summed E-state index contributed by atoms with van der Waals surface area (Å²) in [5.41, 5.74) is 1.37. The van der Waals surface area contributed by atoms with Crippen molar-refractivity contribution < 1.29 is 4.74 Å². The highest BCUT2D eigenvalue weighted by atomic mass is 32.1. The Balaban J connectivity index is 1.70. The third-order valence-corrected chi connectivity index (χ3v) is 4.40. The van der Waals surface area contributed by atoms with Crippen molar-refractivity contribution in [1.29, 1.82) is 0 Å². The highest BCUT2D eigenvalue weighted by molar-refractivity contribution is 7.17. The molecule has 1 aromatic carbocycles. The highest BCUT2D eigenvalue weighted by Gasteiger charge is 2.00. The minimum Gasteiger partial charge on any atom is -0.380 e. The number of rotatable bonds is 8. The molecule has 19 heavy (non-hydrogen) atoms. The van der Waals surface area contributed by atoms with E-state index in [0.717, 1.165) is 39.3 Å². The van der Waals surface area contributed by atoms with E-state index in [1.807, 2.05) is 0 Å². The monoisotopic (exact) mass is 277 g/mol. The van der Waals surface area contributed by atoms with Gasteiger partial charge < -0.3 is 9.64 Å². The molecule has 0 amide bonds. The van der Waals surface area contributed by atoms with E-state index in [0.29, 0.717) is 0 Å². The van der Waals surface area contributed by atoms with Crippen LogP contribution in [0.15, 0.2) is 29.6 Å². The van der Waals surface area contributed by atoms with Crippen LogP contribution >= 0.6 is 11.3 Å². The lowest BCUT2D eigenvalue weighted by Crippen LogP contribution is -2.27. The molecule has 1 heterocycles. The number of hydrogen-bond donors (Lipinski definition) is 0. The maximum atomic E-state index is 5.73. The van der Waals surface area contributed by atoms with Gasteiger partial charge in [0, 0.05) is 11.2 Å². The molecule has 0 saturated carbocycles. The van der Waals surface area contributed by atoms with Crippen LogP contribution in [0.2, 0.25) is 0 Å². The van der Waals surface area contributed by atoms with Gasteiger partial charge in [-0.05, 0) is 48.0 Å². The topological polar surface area (TPSA) is 12.5 Å². The molecule has 0 atom stereocenters. The Morgan fingerprint density at radius 2 is 1.95 bits per heavy atom. The van der Waals surface area contributed by atoms with Gasteiger partial charge >= 0.3 is 0 Å². The standard InChI is InChI=1S/C16H23NOS/c1-3-17(4-2)9-11-18-10-7-14-5-6-16-15(13-14)8-12-19-16/h5-6,8,12-13H,3-4,7,9-11H2,1-2H3. The first-order valence-corrected chi connectivity index (χ1v) is 7.97. The molecule has 0 aliphatic rings. The van der Waals surface area contributed by atoms with Crippen molar-refractivity contribution in [2.45, 2.75) is 20.3 Å². The largest absolute Gasteiger partial charge is 0.380 e. The number of nitrogens with zero attached hydrogens (tertiary/aromatic N) is 1. The van der Waals surface area contributed by atoms with Crippen LogP contribution in [0.5, 0.6) is 0 Å². The number of benzene rings is 1. The second-order valence-electron chi connectivity index (χ2n) is 4.68. The van der Waals surface area contributed by atoms with Crippen LogP contribution in [-0.4, -0.2) is 37.7 Å². The van der Waals surface area contributed by atoms with E-state index in [-0.39, 0.29) is 0 Å². The average molecular weight is 277 g/mol. The molecule has 1 aromatic heterocycles. The van der Waals surface area contributed by atoms with Gasteiger partial charge in [0.05, 0.1) is 13.2 Å². The molecule has 0 aliphatic carbocycles. The molecule has 0 spiro atoms. The van der Waals surface area contributed by atoms with Gasteiger partial charge in [0.25, 0.3) is 0 Å². The quantitative estimate of drug-likeness (QED) is 0.680. The van der Waals surface area contributed by atoms with E-state index < -0.39 is 0 Å². The van der Waals surface area contributed by atoms with Gasteiger partial charge in [-0.25, -0.2) is 0 Å². The van der Waals surface area contributed by atoms with Gasteiger partial charge in [0.1, 0.15) is 0 Å². The van der Waals surface area contributed by atoms with Gasteiger partial charge in [0.15, 0.2) is 0 Å². The zero-order valence-electron chi connectivity index (χ0n) is 11.9. The van der Waals surface area contributed by atoms with Crippen LogP contribution in [0.1, 0.15) is 19.4 Å². The summed E-state index contributed by atoms with van der Waals surface area (Å²) in [6, 6.07) is 8.89. The van der Waals surface area contributed by atoms with Crippen molar-refractivity contribution in [3.63, 3.8) is 0 Å². The third-order valence-electron chi connectivity index (χ3n) is 3.50. The van der Waals surface area contributed by atoms with Crippen molar-refractivity contribution in [2.24, 2.45) is 0 Å². The van der Waals surface area contributed by atoms with Crippen LogP contribution in [0, 0.1) is 0 Å². The number of likely N-dealkylation sites (N-methyl/N-ethyl adjacent to an activating group) is 1. The lowest BCUT2D eigenvalue weighted by Gasteiger charge is -2.17. The van der Waals surface area contributed by atoms with E-state index in [2.05, 4.69) is 48.4 Å². The maximum Gasteiger partial charge on any atom is 0.0593 e. The van der Waals surface area contributed by atoms with E-state index in [1.54, 1.807) is 11.3 Å². The molecule has 0 aliphatic heterocycles. The predicted molar refractivity (Wildman–Crippen MR) is 84.1 cm³/mol. The summed E-state index contributed by atoms with van der Waals surface area (Å²) in [6.45, 7) is 9.29. The summed E-state index contributed by atoms with van der Waals surface area (Å²) in [7, 11) is 0. The predicted octanol–water partition coefficient (Wildman–Crippen LogP) is 3.80. The normalized spacial score (nSPS) is 11.5. The molecule has 2 nitrogen and oxygen atoms in total. The Kier molecular flexibility index (Phi) is 5.83. The summed E-state index contributed by atoms with van der Waals surface area (Å²) >= 11 is 1.80. The minimum atomic E-state index is 0.816. The molecule has 2 rings (SSSR count). The summed E-state index contributed by atoms with van der Waals surface area (Å²) in [6.07, 6.45) is 1.00. The summed E-state index contributed by atoms with van der Waals surface area (Å²) in [5.74, 6) is 0. The van der Waals surface area contributed by atoms with Gasteiger partial charge in [-0.3, -0.25) is 0 Å². The fraction of sp³-hybridized carbons (Fsp3) is 0.500. The lowest BCUT2D eigenvalue weighted by atomic mass is 10.1. The first-order valence-electron chi connectivity index (χ1n) is 7.09. The zero-order valence-corrected chi connectivity index (χ0v) is 12.7. The van der Waals surface area contributed by atoms with Crippen LogP contribution in [0.25, 0.3) is 10.1 Å². The molecule has 0 N–H and O–H groups in total. The summed E-state index contributed by atoms with van der Waals surface area (Å²) in [5, 5.41) is 3.50. The Bertz CT molecular complexity index is 490. The van der Waals surface area contributed by atoms with Crippen molar-refractivity contribution in [2.75, 3.05) is 32.8 Å². The van der Waals surface area contributed by atoms with Crippen molar-refractivity contribution in [3.05, 3.63) is 35.2 Å². The smallest absolute Gasteiger partial charge is 0.0593 e. The van der Waals surface area contributed by atoms with Gasteiger partial charge in [0.2, 0.25) is 0 Å². The summed E-state index contributed by atoms with van der Waals surface area (Å²) in [4.78, 5) is 2.39. The first-order chi connectivity index (χ1) is 9.33. The Hall–Kier alpha value is -0.900. The molecule has 0 saturated heterocycles. The lowest BCUT2D eigenvalue weighted by molar-refractivity contribution is 0.109. The van der Waals surface area contributed by atoms with Crippen molar-refractivity contribution >= 4 is 21.4 Å². The zero-order chi connectivity index (χ0) is 13.5. The number of ether oxygens (including phenoxy) is 1. The molecular formula is C16H23NOS. The fourth-order valence-electron chi connectivity index (χ4n) is 2.20. The Morgan fingerprint density at radius 1 is 1.11 bits per heavy atom. The molecule has 0 bridgehead atoms. The van der Waals surface area contributed by atoms with E-state index in [4.69, 9.17) is 4.74 Å². The molecule has 104 valence electrons. The van der Waals surface area contributed by atoms with Crippen LogP contribution in [0.3, 0.4) is 0 Å². The first kappa shape index (κ1) is 14.5. The number of hydrogen-bond acceptors (Lipinski definition) is 3. The molecule has 0 radical (unpaired) electrons. The Morgan fingerprint density at radius 3 is 2.74 bits per heavy atom. The molecule has 0 fully saturated rings. The second kappa shape index (κ2) is 7.63. The maximum absolute atomic E-state index is 5.73.